The molecule has 0 aliphatic rings. The summed E-state index contributed by atoms with van der Waals surface area (Å²) in [6, 6.07) is 10.9. The number of halogens is 1. The van der Waals surface area contributed by atoms with Gasteiger partial charge in [-0.25, -0.2) is 4.79 Å². The lowest BCUT2D eigenvalue weighted by Crippen LogP contribution is -2.16. The smallest absolute Gasteiger partial charge is 0.337 e. The van der Waals surface area contributed by atoms with Gasteiger partial charge in [0.2, 0.25) is 5.91 Å². The second kappa shape index (κ2) is 6.41. The second-order valence-corrected chi connectivity index (χ2v) is 5.31. The Morgan fingerprint density at radius 1 is 1.14 bits per heavy atom. The summed E-state index contributed by atoms with van der Waals surface area (Å²) in [6.45, 7) is 0. The lowest BCUT2D eigenvalue weighted by Gasteiger charge is -2.09. The van der Waals surface area contributed by atoms with E-state index in [2.05, 4.69) is 21.2 Å². The van der Waals surface area contributed by atoms with E-state index in [1.807, 2.05) is 0 Å². The number of carbonyl (C=O) groups is 2. The van der Waals surface area contributed by atoms with Crippen molar-refractivity contribution in [1.82, 2.24) is 0 Å². The first-order valence-corrected chi connectivity index (χ1v) is 6.85. The Hall–Kier alpha value is -2.34. The molecule has 5 nitrogen and oxygen atoms in total. The van der Waals surface area contributed by atoms with Crippen LogP contribution in [0.3, 0.4) is 0 Å². The van der Waals surface area contributed by atoms with Gasteiger partial charge in [-0.15, -0.1) is 0 Å². The summed E-state index contributed by atoms with van der Waals surface area (Å²) in [5, 5.41) is 21.0. The molecule has 0 aliphatic heterocycles. The van der Waals surface area contributed by atoms with Gasteiger partial charge < -0.3 is 15.5 Å². The number of carbonyl (C=O) groups excluding carboxylic acids is 1. The van der Waals surface area contributed by atoms with Gasteiger partial charge in [-0.2, -0.15) is 0 Å². The van der Waals surface area contributed by atoms with Crippen LogP contribution in [0.2, 0.25) is 0 Å². The fourth-order valence-corrected chi connectivity index (χ4v) is 2.21. The fraction of sp³-hybridized carbons (Fsp3) is 0.0667. The number of amides is 1. The molecule has 0 unspecified atom stereocenters. The van der Waals surface area contributed by atoms with E-state index < -0.39 is 5.97 Å². The highest BCUT2D eigenvalue weighted by Gasteiger charge is 2.13. The summed E-state index contributed by atoms with van der Waals surface area (Å²) in [7, 11) is 0. The van der Waals surface area contributed by atoms with Gasteiger partial charge in [0.25, 0.3) is 0 Å². The third-order valence-corrected chi connectivity index (χ3v) is 3.25. The predicted molar refractivity (Wildman–Crippen MR) is 81.5 cm³/mol. The number of anilines is 1. The molecule has 0 radical (unpaired) electrons. The van der Waals surface area contributed by atoms with Crippen molar-refractivity contribution in [3.05, 3.63) is 58.1 Å². The molecule has 0 fully saturated rings. The molecule has 0 atom stereocenters. The van der Waals surface area contributed by atoms with Gasteiger partial charge in [-0.1, -0.05) is 28.1 Å². The second-order valence-electron chi connectivity index (χ2n) is 4.39. The van der Waals surface area contributed by atoms with Crippen molar-refractivity contribution < 1.29 is 19.8 Å². The number of nitrogens with one attached hydrogen (secondary N) is 1. The molecule has 0 saturated heterocycles. The summed E-state index contributed by atoms with van der Waals surface area (Å²) in [5.74, 6) is -1.40. The summed E-state index contributed by atoms with van der Waals surface area (Å²) < 4.78 is 0.667. The highest BCUT2D eigenvalue weighted by molar-refractivity contribution is 9.10. The first-order valence-electron chi connectivity index (χ1n) is 6.06. The third-order valence-electron chi connectivity index (χ3n) is 2.76. The Bertz CT molecular complexity index is 700. The van der Waals surface area contributed by atoms with E-state index in [4.69, 9.17) is 5.11 Å². The minimum atomic E-state index is -1.12. The van der Waals surface area contributed by atoms with Gasteiger partial charge in [-0.05, 0) is 35.9 Å². The molecule has 108 valence electrons. The topological polar surface area (TPSA) is 86.6 Å². The standard InChI is InChI=1S/C15H12BrNO4/c16-10-4-5-12(15(20)21)13(8-10)17-14(19)7-9-2-1-3-11(18)6-9/h1-6,8,18H,7H2,(H,17,19)(H,20,21). The van der Waals surface area contributed by atoms with Crippen molar-refractivity contribution in [1.29, 1.82) is 0 Å². The summed E-state index contributed by atoms with van der Waals surface area (Å²) in [6.07, 6.45) is 0.0416. The number of carboxylic acids is 1. The molecule has 0 bridgehead atoms. The highest BCUT2D eigenvalue weighted by atomic mass is 79.9. The first kappa shape index (κ1) is 15.1. The average molecular weight is 350 g/mol. The molecule has 0 spiro atoms. The van der Waals surface area contributed by atoms with E-state index in [9.17, 15) is 14.7 Å². The average Bonchev–Trinajstić information content (AvgIpc) is 2.38. The van der Waals surface area contributed by atoms with Crippen molar-refractivity contribution in [3.63, 3.8) is 0 Å². The Balaban J connectivity index is 2.16. The van der Waals surface area contributed by atoms with Crippen LogP contribution in [-0.2, 0) is 11.2 Å². The van der Waals surface area contributed by atoms with Crippen LogP contribution in [0, 0.1) is 0 Å². The van der Waals surface area contributed by atoms with Crippen LogP contribution < -0.4 is 5.32 Å². The van der Waals surface area contributed by atoms with Crippen molar-refractivity contribution in [2.75, 3.05) is 5.32 Å². The van der Waals surface area contributed by atoms with Gasteiger partial charge >= 0.3 is 5.97 Å². The number of hydrogen-bond donors (Lipinski definition) is 3. The summed E-state index contributed by atoms with van der Waals surface area (Å²) in [4.78, 5) is 23.1. The van der Waals surface area contributed by atoms with Crippen LogP contribution in [-0.4, -0.2) is 22.1 Å². The summed E-state index contributed by atoms with van der Waals surface area (Å²) >= 11 is 3.23. The van der Waals surface area contributed by atoms with Crippen molar-refractivity contribution in [2.24, 2.45) is 0 Å². The molecule has 3 N–H and O–H groups in total. The molecule has 0 saturated carbocycles. The molecule has 1 amide bonds. The van der Waals surface area contributed by atoms with Crippen molar-refractivity contribution in [3.8, 4) is 5.75 Å². The maximum absolute atomic E-state index is 12.0. The lowest BCUT2D eigenvalue weighted by molar-refractivity contribution is -0.115. The van der Waals surface area contributed by atoms with Gasteiger partial charge in [0.1, 0.15) is 5.75 Å². The monoisotopic (exact) mass is 349 g/mol. The zero-order valence-electron chi connectivity index (χ0n) is 10.8. The van der Waals surface area contributed by atoms with E-state index in [0.717, 1.165) is 0 Å². The number of hydrogen-bond acceptors (Lipinski definition) is 3. The number of rotatable bonds is 4. The maximum Gasteiger partial charge on any atom is 0.337 e. The predicted octanol–water partition coefficient (Wildman–Crippen LogP) is 3.03. The molecule has 2 rings (SSSR count). The number of aromatic hydroxyl groups is 1. The van der Waals surface area contributed by atoms with Gasteiger partial charge in [0, 0.05) is 4.47 Å². The van der Waals surface area contributed by atoms with Crippen LogP contribution in [0.1, 0.15) is 15.9 Å². The van der Waals surface area contributed by atoms with Gasteiger partial charge in [0.15, 0.2) is 0 Å². The molecule has 2 aromatic carbocycles. The summed E-state index contributed by atoms with van der Waals surface area (Å²) in [5.41, 5.74) is 0.879. The molecule has 6 heteroatoms. The van der Waals surface area contributed by atoms with E-state index >= 15 is 0 Å². The van der Waals surface area contributed by atoms with Gasteiger partial charge in [-0.3, -0.25) is 4.79 Å². The van der Waals surface area contributed by atoms with Crippen LogP contribution >= 0.6 is 15.9 Å². The van der Waals surface area contributed by atoms with Crippen LogP contribution in [0.25, 0.3) is 0 Å². The molecular formula is C15H12BrNO4. The van der Waals surface area contributed by atoms with Crippen LogP contribution in [0.15, 0.2) is 46.9 Å². The number of phenols is 1. The number of aromatic carboxylic acids is 1. The highest BCUT2D eigenvalue weighted by Crippen LogP contribution is 2.22. The van der Waals surface area contributed by atoms with Crippen LogP contribution in [0.5, 0.6) is 5.75 Å². The molecule has 2 aromatic rings. The number of benzene rings is 2. The SMILES string of the molecule is O=C(Cc1cccc(O)c1)Nc1cc(Br)ccc1C(=O)O. The molecule has 0 aliphatic carbocycles. The van der Waals surface area contributed by atoms with Crippen LogP contribution in [0.4, 0.5) is 5.69 Å². The van der Waals surface area contributed by atoms with Crippen molar-refractivity contribution in [2.45, 2.75) is 6.42 Å². The lowest BCUT2D eigenvalue weighted by atomic mass is 10.1. The van der Waals surface area contributed by atoms with E-state index in [1.54, 1.807) is 18.2 Å². The van der Waals surface area contributed by atoms with E-state index in [-0.39, 0.29) is 29.3 Å². The quantitative estimate of drug-likeness (QED) is 0.791. The Kier molecular flexibility index (Phi) is 4.59. The molecule has 0 aromatic heterocycles. The number of carboxylic acid groups (broad SMARTS) is 1. The van der Waals surface area contributed by atoms with Crippen molar-refractivity contribution >= 4 is 33.5 Å². The Morgan fingerprint density at radius 2 is 1.90 bits per heavy atom. The van der Waals surface area contributed by atoms with Gasteiger partial charge in [0.05, 0.1) is 17.7 Å². The van der Waals surface area contributed by atoms with E-state index in [1.165, 1.54) is 24.3 Å². The zero-order chi connectivity index (χ0) is 15.4. The Labute approximate surface area is 129 Å². The molecule has 21 heavy (non-hydrogen) atoms. The zero-order valence-corrected chi connectivity index (χ0v) is 12.4. The minimum Gasteiger partial charge on any atom is -0.508 e. The first-order chi connectivity index (χ1) is 9.95. The normalized spacial score (nSPS) is 10.1. The van der Waals surface area contributed by atoms with E-state index in [0.29, 0.717) is 10.0 Å². The third kappa shape index (κ3) is 4.06. The largest absolute Gasteiger partial charge is 0.508 e. The minimum absolute atomic E-state index is 0.0162. The molecule has 0 heterocycles. The number of phenolic OH excluding ortho intramolecular Hbond substituents is 1. The fourth-order valence-electron chi connectivity index (χ4n) is 1.85. The molecular weight excluding hydrogens is 338 g/mol. The Morgan fingerprint density at radius 3 is 2.57 bits per heavy atom. The maximum atomic E-state index is 12.0.